The Hall–Kier alpha value is -2.38. The maximum Gasteiger partial charge on any atom is 0.261 e. The first-order valence-electron chi connectivity index (χ1n) is 8.66. The zero-order valence-corrected chi connectivity index (χ0v) is 15.8. The van der Waals surface area contributed by atoms with Gasteiger partial charge in [0.1, 0.15) is 0 Å². The van der Waals surface area contributed by atoms with E-state index in [0.717, 1.165) is 31.9 Å². The predicted octanol–water partition coefficient (Wildman–Crippen LogP) is 1.02. The third-order valence-electron chi connectivity index (χ3n) is 4.66. The Morgan fingerprint density at radius 2 is 1.77 bits per heavy atom. The van der Waals surface area contributed by atoms with Gasteiger partial charge in [0.2, 0.25) is 0 Å². The van der Waals surface area contributed by atoms with Crippen molar-refractivity contribution >= 4 is 27.2 Å². The van der Waals surface area contributed by atoms with Crippen LogP contribution in [0.4, 0.5) is 11.4 Å². The average Bonchev–Trinajstić information content (AvgIpc) is 2.63. The first-order valence-corrected chi connectivity index (χ1v) is 10.1. The number of carbonyl (C=O) groups excluding carboxylic acids is 1. The highest BCUT2D eigenvalue weighted by atomic mass is 32.2. The van der Waals surface area contributed by atoms with Crippen molar-refractivity contribution in [3.05, 3.63) is 54.1 Å². The van der Waals surface area contributed by atoms with Crippen LogP contribution in [-0.4, -0.2) is 47.4 Å². The molecule has 1 fully saturated rings. The van der Waals surface area contributed by atoms with Gasteiger partial charge in [-0.3, -0.25) is 9.52 Å². The molecule has 6 nitrogen and oxygen atoms in total. The van der Waals surface area contributed by atoms with Gasteiger partial charge in [0.25, 0.3) is 10.0 Å². The van der Waals surface area contributed by atoms with Gasteiger partial charge >= 0.3 is 0 Å². The molecule has 0 spiro atoms. The van der Waals surface area contributed by atoms with Crippen LogP contribution in [0, 0.1) is 0 Å². The van der Waals surface area contributed by atoms with Crippen molar-refractivity contribution in [3.8, 4) is 0 Å². The Balaban J connectivity index is 1.89. The molecule has 26 heavy (non-hydrogen) atoms. The van der Waals surface area contributed by atoms with Crippen LogP contribution in [0.25, 0.3) is 0 Å². The Morgan fingerprint density at radius 3 is 2.46 bits per heavy atom. The molecule has 1 aliphatic rings. The highest BCUT2D eigenvalue weighted by Gasteiger charge is 2.22. The molecule has 1 aliphatic heterocycles. The normalized spacial score (nSPS) is 15.7. The second-order valence-corrected chi connectivity index (χ2v) is 8.33. The average molecular weight is 374 g/mol. The van der Waals surface area contributed by atoms with Gasteiger partial charge in [-0.25, -0.2) is 8.42 Å². The molecule has 0 amide bonds. The molecule has 1 heterocycles. The number of rotatable bonds is 5. The molecule has 2 N–H and O–H groups in total. The summed E-state index contributed by atoms with van der Waals surface area (Å²) in [4.78, 5) is 15.3. The number of sulfonamides is 1. The van der Waals surface area contributed by atoms with Gasteiger partial charge in [0.05, 0.1) is 49.5 Å². The lowest BCUT2D eigenvalue weighted by molar-refractivity contribution is -0.880. The highest BCUT2D eigenvalue weighted by Crippen LogP contribution is 2.28. The summed E-state index contributed by atoms with van der Waals surface area (Å²) < 4.78 is 28.3. The number of anilines is 2. The van der Waals surface area contributed by atoms with Crippen molar-refractivity contribution in [2.75, 3.05) is 42.8 Å². The fourth-order valence-corrected chi connectivity index (χ4v) is 4.17. The quantitative estimate of drug-likeness (QED) is 0.767. The predicted molar refractivity (Wildman–Crippen MR) is 103 cm³/mol. The van der Waals surface area contributed by atoms with Gasteiger partial charge in [-0.1, -0.05) is 24.3 Å². The van der Waals surface area contributed by atoms with E-state index in [1.807, 2.05) is 18.2 Å². The van der Waals surface area contributed by atoms with Crippen molar-refractivity contribution in [2.24, 2.45) is 0 Å². The third kappa shape index (κ3) is 4.05. The number of para-hydroxylation sites is 2. The Kier molecular flexibility index (Phi) is 5.29. The molecule has 1 saturated heterocycles. The van der Waals surface area contributed by atoms with E-state index in [4.69, 9.17) is 0 Å². The summed E-state index contributed by atoms with van der Waals surface area (Å²) in [5.41, 5.74) is 1.81. The number of nitrogens with zero attached hydrogens (tertiary/aromatic N) is 1. The summed E-state index contributed by atoms with van der Waals surface area (Å²) >= 11 is 0. The number of ketones is 1. The monoisotopic (exact) mass is 374 g/mol. The standard InChI is InChI=1S/C19H23N3O3S/c1-15(23)16-6-5-7-17(14-16)26(24,25)20-18-8-3-4-9-19(18)22-12-10-21(2)11-13-22/h3-9,14,20H,10-13H2,1-2H3/p+1. The summed E-state index contributed by atoms with van der Waals surface area (Å²) in [6.07, 6.45) is 0. The number of piperazine rings is 1. The number of quaternary nitrogens is 1. The molecule has 0 radical (unpaired) electrons. The van der Waals surface area contributed by atoms with Crippen LogP contribution in [0.15, 0.2) is 53.4 Å². The third-order valence-corrected chi connectivity index (χ3v) is 6.02. The number of carbonyl (C=O) groups is 1. The van der Waals surface area contributed by atoms with Gasteiger partial charge in [-0.05, 0) is 31.2 Å². The van der Waals surface area contributed by atoms with Crippen molar-refractivity contribution in [2.45, 2.75) is 11.8 Å². The van der Waals surface area contributed by atoms with E-state index >= 15 is 0 Å². The Morgan fingerprint density at radius 1 is 1.08 bits per heavy atom. The molecule has 0 bridgehead atoms. The molecular weight excluding hydrogens is 350 g/mol. The summed E-state index contributed by atoms with van der Waals surface area (Å²) in [5.74, 6) is -0.164. The molecule has 0 aliphatic carbocycles. The van der Waals surface area contributed by atoms with Crippen LogP contribution >= 0.6 is 0 Å². The van der Waals surface area contributed by atoms with Gasteiger partial charge in [-0.2, -0.15) is 0 Å². The van der Waals surface area contributed by atoms with Gasteiger partial charge < -0.3 is 9.80 Å². The lowest BCUT2D eigenvalue weighted by Crippen LogP contribution is -3.12. The van der Waals surface area contributed by atoms with E-state index < -0.39 is 10.0 Å². The van der Waals surface area contributed by atoms with Crippen LogP contribution in [0.5, 0.6) is 0 Å². The van der Waals surface area contributed by atoms with Crippen LogP contribution in [0.2, 0.25) is 0 Å². The van der Waals surface area contributed by atoms with Crippen molar-refractivity contribution in [1.29, 1.82) is 0 Å². The van der Waals surface area contributed by atoms with Gasteiger partial charge in [-0.15, -0.1) is 0 Å². The van der Waals surface area contributed by atoms with Crippen molar-refractivity contribution in [3.63, 3.8) is 0 Å². The maximum absolute atomic E-state index is 12.8. The summed E-state index contributed by atoms with van der Waals surface area (Å²) in [7, 11) is -1.61. The van der Waals surface area contributed by atoms with Crippen molar-refractivity contribution in [1.82, 2.24) is 0 Å². The molecule has 138 valence electrons. The number of nitrogens with one attached hydrogen (secondary N) is 2. The number of Topliss-reactive ketones (excluding diaryl/α,β-unsaturated/α-hetero) is 1. The molecule has 2 aromatic carbocycles. The highest BCUT2D eigenvalue weighted by molar-refractivity contribution is 7.92. The molecule has 0 atom stereocenters. The van der Waals surface area contributed by atoms with Crippen molar-refractivity contribution < 1.29 is 18.1 Å². The second kappa shape index (κ2) is 7.47. The minimum Gasteiger partial charge on any atom is -0.359 e. The molecular formula is C19H24N3O3S+. The molecule has 7 heteroatoms. The lowest BCUT2D eigenvalue weighted by atomic mass is 10.2. The Bertz CT molecular complexity index is 904. The summed E-state index contributed by atoms with van der Waals surface area (Å²) in [5, 5.41) is 0. The molecule has 0 saturated carbocycles. The molecule has 0 aromatic heterocycles. The smallest absolute Gasteiger partial charge is 0.261 e. The maximum atomic E-state index is 12.8. The number of likely N-dealkylation sites (N-methyl/N-ethyl adjacent to an activating group) is 1. The lowest BCUT2D eigenvalue weighted by Gasteiger charge is -2.33. The van der Waals surface area contributed by atoms with Crippen LogP contribution < -0.4 is 14.5 Å². The first kappa shape index (κ1) is 18.4. The summed E-state index contributed by atoms with van der Waals surface area (Å²) in [6.45, 7) is 5.21. The molecule has 3 rings (SSSR count). The fourth-order valence-electron chi connectivity index (χ4n) is 3.05. The number of benzene rings is 2. The first-order chi connectivity index (χ1) is 12.4. The topological polar surface area (TPSA) is 70.9 Å². The van der Waals surface area contributed by atoms with E-state index in [0.29, 0.717) is 11.3 Å². The zero-order valence-electron chi connectivity index (χ0n) is 15.0. The van der Waals surface area contributed by atoms with E-state index in [1.165, 1.54) is 24.0 Å². The zero-order chi connectivity index (χ0) is 18.7. The molecule has 0 unspecified atom stereocenters. The largest absolute Gasteiger partial charge is 0.359 e. The second-order valence-electron chi connectivity index (χ2n) is 6.65. The number of hydrogen-bond acceptors (Lipinski definition) is 4. The van der Waals surface area contributed by atoms with E-state index in [9.17, 15) is 13.2 Å². The summed E-state index contributed by atoms with van der Waals surface area (Å²) in [6, 6.07) is 13.5. The fraction of sp³-hybridized carbons (Fsp3) is 0.316. The Labute approximate surface area is 154 Å². The van der Waals surface area contributed by atoms with Crippen LogP contribution in [0.3, 0.4) is 0 Å². The number of hydrogen-bond donors (Lipinski definition) is 2. The molecule has 2 aromatic rings. The SMILES string of the molecule is CC(=O)c1cccc(S(=O)(=O)Nc2ccccc2N2CC[NH+](C)CC2)c1. The van der Waals surface area contributed by atoms with Crippen LogP contribution in [0.1, 0.15) is 17.3 Å². The minimum atomic E-state index is -3.78. The minimum absolute atomic E-state index is 0.0859. The van der Waals surface area contributed by atoms with E-state index in [-0.39, 0.29) is 10.7 Å². The van der Waals surface area contributed by atoms with Gasteiger partial charge in [0, 0.05) is 5.56 Å². The van der Waals surface area contributed by atoms with E-state index in [1.54, 1.807) is 18.2 Å². The van der Waals surface area contributed by atoms with Crippen LogP contribution in [-0.2, 0) is 10.0 Å². The van der Waals surface area contributed by atoms with E-state index in [2.05, 4.69) is 16.7 Å². The van der Waals surface area contributed by atoms with Gasteiger partial charge in [0.15, 0.2) is 5.78 Å².